The van der Waals surface area contributed by atoms with Gasteiger partial charge in [0.05, 0.1) is 17.9 Å². The number of rotatable bonds is 5. The first-order valence-electron chi connectivity index (χ1n) is 6.46. The first kappa shape index (κ1) is 13.9. The van der Waals surface area contributed by atoms with Gasteiger partial charge in [0.25, 0.3) is 0 Å². The molecule has 0 atom stereocenters. The maximum absolute atomic E-state index is 11.5. The maximum Gasteiger partial charge on any atom is 0.316 e. The second kappa shape index (κ2) is 6.58. The minimum atomic E-state index is -0.252. The maximum atomic E-state index is 11.5. The SMILES string of the molecule is CCCOC(=O)CSc1nc2c(cc1C#N)CCC2. The summed E-state index contributed by atoms with van der Waals surface area (Å²) in [4.78, 5) is 16.0. The quantitative estimate of drug-likeness (QED) is 0.610. The summed E-state index contributed by atoms with van der Waals surface area (Å²) in [6.07, 6.45) is 3.88. The molecule has 0 saturated heterocycles. The van der Waals surface area contributed by atoms with Gasteiger partial charge in [-0.05, 0) is 37.3 Å². The molecule has 1 aromatic rings. The van der Waals surface area contributed by atoms with Crippen LogP contribution >= 0.6 is 11.8 Å². The summed E-state index contributed by atoms with van der Waals surface area (Å²) >= 11 is 1.29. The van der Waals surface area contributed by atoms with Crippen molar-refractivity contribution in [1.82, 2.24) is 4.98 Å². The number of aromatic nitrogens is 1. The fourth-order valence-corrected chi connectivity index (χ4v) is 2.80. The van der Waals surface area contributed by atoms with Gasteiger partial charge in [-0.2, -0.15) is 5.26 Å². The Morgan fingerprint density at radius 2 is 2.42 bits per heavy atom. The Morgan fingerprint density at radius 1 is 1.58 bits per heavy atom. The molecular formula is C14H16N2O2S. The zero-order chi connectivity index (χ0) is 13.7. The van der Waals surface area contributed by atoms with E-state index < -0.39 is 0 Å². The number of pyridine rings is 1. The van der Waals surface area contributed by atoms with Crippen molar-refractivity contribution in [2.45, 2.75) is 37.6 Å². The number of fused-ring (bicyclic) bond motifs is 1. The van der Waals surface area contributed by atoms with E-state index in [-0.39, 0.29) is 11.7 Å². The molecule has 0 aliphatic heterocycles. The molecule has 1 aliphatic carbocycles. The van der Waals surface area contributed by atoms with E-state index in [0.717, 1.165) is 31.4 Å². The van der Waals surface area contributed by atoms with E-state index in [9.17, 15) is 4.79 Å². The number of hydrogen-bond acceptors (Lipinski definition) is 5. The minimum absolute atomic E-state index is 0.209. The van der Waals surface area contributed by atoms with Gasteiger partial charge in [0, 0.05) is 5.69 Å². The summed E-state index contributed by atoms with van der Waals surface area (Å²) in [6, 6.07) is 4.07. The van der Waals surface area contributed by atoms with Gasteiger partial charge in [0.2, 0.25) is 0 Å². The lowest BCUT2D eigenvalue weighted by molar-refractivity contribution is -0.140. The van der Waals surface area contributed by atoms with Crippen molar-refractivity contribution in [3.8, 4) is 6.07 Å². The van der Waals surface area contributed by atoms with E-state index in [1.165, 1.54) is 17.3 Å². The summed E-state index contributed by atoms with van der Waals surface area (Å²) in [6.45, 7) is 2.40. The Morgan fingerprint density at radius 3 is 3.16 bits per heavy atom. The molecule has 0 spiro atoms. The zero-order valence-electron chi connectivity index (χ0n) is 10.9. The largest absolute Gasteiger partial charge is 0.465 e. The Balaban J connectivity index is 2.04. The van der Waals surface area contributed by atoms with E-state index in [1.54, 1.807) is 0 Å². The van der Waals surface area contributed by atoms with Crippen LogP contribution < -0.4 is 0 Å². The van der Waals surface area contributed by atoms with Gasteiger partial charge >= 0.3 is 5.97 Å². The molecule has 100 valence electrons. The summed E-state index contributed by atoms with van der Waals surface area (Å²) in [7, 11) is 0. The standard InChI is InChI=1S/C14H16N2O2S/c1-2-6-18-13(17)9-19-14-11(8-15)7-10-4-3-5-12(10)16-14/h7H,2-6,9H2,1H3. The molecule has 0 fully saturated rings. The number of nitrogens with zero attached hydrogens (tertiary/aromatic N) is 2. The molecule has 0 radical (unpaired) electrons. The number of thioether (sulfide) groups is 1. The molecule has 5 heteroatoms. The highest BCUT2D eigenvalue weighted by Gasteiger charge is 2.17. The predicted molar refractivity (Wildman–Crippen MR) is 73.0 cm³/mol. The van der Waals surface area contributed by atoms with Crippen molar-refractivity contribution in [3.05, 3.63) is 22.9 Å². The summed E-state index contributed by atoms with van der Waals surface area (Å²) in [5.41, 5.74) is 2.81. The van der Waals surface area contributed by atoms with Crippen LogP contribution in [-0.2, 0) is 22.4 Å². The first-order chi connectivity index (χ1) is 9.24. The number of carbonyl (C=O) groups excluding carboxylic acids is 1. The van der Waals surface area contributed by atoms with Crippen LogP contribution in [0.1, 0.15) is 36.6 Å². The van der Waals surface area contributed by atoms with Crippen molar-refractivity contribution in [1.29, 1.82) is 5.26 Å². The van der Waals surface area contributed by atoms with Gasteiger partial charge < -0.3 is 4.74 Å². The third-order valence-electron chi connectivity index (χ3n) is 2.93. The predicted octanol–water partition coefficient (Wildman–Crippen LogP) is 2.49. The highest BCUT2D eigenvalue weighted by atomic mass is 32.2. The van der Waals surface area contributed by atoms with E-state index in [0.29, 0.717) is 17.2 Å². The van der Waals surface area contributed by atoms with Crippen LogP contribution in [0.15, 0.2) is 11.1 Å². The molecule has 0 bridgehead atoms. The van der Waals surface area contributed by atoms with Crippen LogP contribution in [0, 0.1) is 11.3 Å². The van der Waals surface area contributed by atoms with E-state index >= 15 is 0 Å². The molecule has 1 heterocycles. The molecular weight excluding hydrogens is 260 g/mol. The molecule has 4 nitrogen and oxygen atoms in total. The average Bonchev–Trinajstić information content (AvgIpc) is 2.88. The van der Waals surface area contributed by atoms with Crippen LogP contribution in [0.5, 0.6) is 0 Å². The van der Waals surface area contributed by atoms with Crippen LogP contribution in [0.4, 0.5) is 0 Å². The second-order valence-corrected chi connectivity index (χ2v) is 5.39. The first-order valence-corrected chi connectivity index (χ1v) is 7.44. The number of ether oxygens (including phenoxy) is 1. The number of esters is 1. The van der Waals surface area contributed by atoms with E-state index in [4.69, 9.17) is 10.00 Å². The lowest BCUT2D eigenvalue weighted by atomic mass is 10.2. The van der Waals surface area contributed by atoms with Gasteiger partial charge in [-0.1, -0.05) is 18.7 Å². The zero-order valence-corrected chi connectivity index (χ0v) is 11.8. The molecule has 0 saturated carbocycles. The normalized spacial score (nSPS) is 12.8. The molecule has 1 aliphatic rings. The van der Waals surface area contributed by atoms with Crippen molar-refractivity contribution in [2.75, 3.05) is 12.4 Å². The summed E-state index contributed by atoms with van der Waals surface area (Å²) in [5, 5.41) is 9.79. The van der Waals surface area contributed by atoms with Crippen molar-refractivity contribution >= 4 is 17.7 Å². The van der Waals surface area contributed by atoms with Crippen molar-refractivity contribution in [2.24, 2.45) is 0 Å². The second-order valence-electron chi connectivity index (χ2n) is 4.42. The monoisotopic (exact) mass is 276 g/mol. The number of carbonyl (C=O) groups is 1. The molecule has 0 unspecified atom stereocenters. The van der Waals surface area contributed by atoms with Crippen LogP contribution in [0.2, 0.25) is 0 Å². The molecule has 0 amide bonds. The van der Waals surface area contributed by atoms with Crippen LogP contribution in [-0.4, -0.2) is 23.3 Å². The minimum Gasteiger partial charge on any atom is -0.465 e. The van der Waals surface area contributed by atoms with Gasteiger partial charge in [0.1, 0.15) is 11.1 Å². The third-order valence-corrected chi connectivity index (χ3v) is 3.89. The lowest BCUT2D eigenvalue weighted by Crippen LogP contribution is -2.08. The summed E-state index contributed by atoms with van der Waals surface area (Å²) in [5.74, 6) is -0.0430. The van der Waals surface area contributed by atoms with Gasteiger partial charge in [0.15, 0.2) is 0 Å². The highest BCUT2D eigenvalue weighted by Crippen LogP contribution is 2.27. The Labute approximate surface area is 117 Å². The topological polar surface area (TPSA) is 63.0 Å². The van der Waals surface area contributed by atoms with Gasteiger partial charge in [-0.3, -0.25) is 4.79 Å². The van der Waals surface area contributed by atoms with Crippen molar-refractivity contribution < 1.29 is 9.53 Å². The molecule has 0 aromatic carbocycles. The Hall–Kier alpha value is -1.54. The molecule has 19 heavy (non-hydrogen) atoms. The highest BCUT2D eigenvalue weighted by molar-refractivity contribution is 7.99. The Kier molecular flexibility index (Phi) is 4.80. The average molecular weight is 276 g/mol. The molecule has 0 N–H and O–H groups in total. The smallest absolute Gasteiger partial charge is 0.316 e. The van der Waals surface area contributed by atoms with Crippen LogP contribution in [0.25, 0.3) is 0 Å². The third kappa shape index (κ3) is 3.48. The van der Waals surface area contributed by atoms with Gasteiger partial charge in [-0.15, -0.1) is 0 Å². The summed E-state index contributed by atoms with van der Waals surface area (Å²) < 4.78 is 5.01. The van der Waals surface area contributed by atoms with E-state index in [2.05, 4.69) is 11.1 Å². The number of hydrogen-bond donors (Lipinski definition) is 0. The van der Waals surface area contributed by atoms with Gasteiger partial charge in [-0.25, -0.2) is 4.98 Å². The lowest BCUT2D eigenvalue weighted by Gasteiger charge is -2.06. The van der Waals surface area contributed by atoms with Crippen molar-refractivity contribution in [3.63, 3.8) is 0 Å². The Bertz CT molecular complexity index is 523. The fourth-order valence-electron chi connectivity index (χ4n) is 2.03. The van der Waals surface area contributed by atoms with E-state index in [1.807, 2.05) is 13.0 Å². The van der Waals surface area contributed by atoms with Crippen LogP contribution in [0.3, 0.4) is 0 Å². The molecule has 1 aromatic heterocycles. The molecule has 2 rings (SSSR count). The number of aryl methyl sites for hydroxylation is 2. The fraction of sp³-hybridized carbons (Fsp3) is 0.500. The number of nitriles is 1.